The van der Waals surface area contributed by atoms with Crippen LogP contribution in [0.25, 0.3) is 6.08 Å². The molecule has 0 saturated carbocycles. The molecule has 1 heterocycles. The second-order valence-corrected chi connectivity index (χ2v) is 4.59. The molecule has 2 aromatic rings. The molecule has 2 aromatic carbocycles. The van der Waals surface area contributed by atoms with Gasteiger partial charge in [0.05, 0.1) is 10.5 Å². The maximum Gasteiger partial charge on any atom is 0.336 e. The molecule has 23 heavy (non-hydrogen) atoms. The lowest BCUT2D eigenvalue weighted by atomic mass is 10.1. The molecule has 7 heteroatoms. The van der Waals surface area contributed by atoms with Crippen LogP contribution in [0.3, 0.4) is 0 Å². The van der Waals surface area contributed by atoms with Crippen LogP contribution in [0, 0.1) is 10.1 Å². The number of esters is 1. The summed E-state index contributed by atoms with van der Waals surface area (Å²) < 4.78 is 15.5. The van der Waals surface area contributed by atoms with Crippen molar-refractivity contribution in [1.29, 1.82) is 0 Å². The summed E-state index contributed by atoms with van der Waals surface area (Å²) in [5.74, 6) is 0.728. The van der Waals surface area contributed by atoms with Crippen molar-refractivity contribution in [2.75, 3.05) is 6.79 Å². The van der Waals surface area contributed by atoms with Gasteiger partial charge >= 0.3 is 5.97 Å². The monoisotopic (exact) mass is 313 g/mol. The highest BCUT2D eigenvalue weighted by molar-refractivity contribution is 5.89. The number of nitro groups is 1. The minimum atomic E-state index is -0.651. The van der Waals surface area contributed by atoms with Gasteiger partial charge in [-0.3, -0.25) is 10.1 Å². The number of benzene rings is 2. The Hall–Kier alpha value is -3.35. The van der Waals surface area contributed by atoms with Crippen LogP contribution in [0.4, 0.5) is 5.69 Å². The molecule has 1 aliphatic rings. The first-order valence-corrected chi connectivity index (χ1v) is 6.66. The Kier molecular flexibility index (Phi) is 3.92. The predicted molar refractivity (Wildman–Crippen MR) is 80.3 cm³/mol. The van der Waals surface area contributed by atoms with Crippen molar-refractivity contribution in [2.24, 2.45) is 0 Å². The standard InChI is InChI=1S/C16H11NO6/c18-16(8-5-11-3-1-2-4-13(11)17(19)20)23-12-6-7-14-15(9-12)22-10-21-14/h1-9H,10H2/b8-5+. The van der Waals surface area contributed by atoms with E-state index in [0.717, 1.165) is 6.08 Å². The lowest BCUT2D eigenvalue weighted by molar-refractivity contribution is -0.385. The highest BCUT2D eigenvalue weighted by atomic mass is 16.7. The van der Waals surface area contributed by atoms with Gasteiger partial charge in [0.25, 0.3) is 5.69 Å². The molecule has 0 amide bonds. The van der Waals surface area contributed by atoms with E-state index in [0.29, 0.717) is 22.8 Å². The van der Waals surface area contributed by atoms with Crippen molar-refractivity contribution >= 4 is 17.7 Å². The Morgan fingerprint density at radius 3 is 2.78 bits per heavy atom. The van der Waals surface area contributed by atoms with Crippen molar-refractivity contribution in [3.63, 3.8) is 0 Å². The van der Waals surface area contributed by atoms with Crippen LogP contribution in [0.15, 0.2) is 48.5 Å². The van der Waals surface area contributed by atoms with Gasteiger partial charge in [-0.05, 0) is 24.3 Å². The molecular weight excluding hydrogens is 302 g/mol. The van der Waals surface area contributed by atoms with Crippen molar-refractivity contribution in [3.8, 4) is 17.2 Å². The van der Waals surface area contributed by atoms with E-state index in [2.05, 4.69) is 0 Å². The van der Waals surface area contributed by atoms with Crippen molar-refractivity contribution in [3.05, 3.63) is 64.2 Å². The van der Waals surface area contributed by atoms with Gasteiger partial charge < -0.3 is 14.2 Å². The molecule has 116 valence electrons. The lowest BCUT2D eigenvalue weighted by Gasteiger charge is -2.02. The number of carbonyl (C=O) groups excluding carboxylic acids is 1. The smallest absolute Gasteiger partial charge is 0.336 e. The SMILES string of the molecule is O=C(/C=C/c1ccccc1[N+](=O)[O-])Oc1ccc2c(c1)OCO2. The Morgan fingerprint density at radius 2 is 1.96 bits per heavy atom. The summed E-state index contributed by atoms with van der Waals surface area (Å²) in [6.07, 6.45) is 2.47. The van der Waals surface area contributed by atoms with Crippen LogP contribution in [0.1, 0.15) is 5.56 Å². The summed E-state index contributed by atoms with van der Waals surface area (Å²) in [5, 5.41) is 10.9. The zero-order valence-corrected chi connectivity index (χ0v) is 11.8. The van der Waals surface area contributed by atoms with E-state index < -0.39 is 10.9 Å². The Labute approximate surface area is 130 Å². The molecule has 0 unspecified atom stereocenters. The maximum atomic E-state index is 11.8. The van der Waals surface area contributed by atoms with E-state index in [1.54, 1.807) is 36.4 Å². The number of fused-ring (bicyclic) bond motifs is 1. The molecule has 3 rings (SSSR count). The average Bonchev–Trinajstić information content (AvgIpc) is 3.00. The van der Waals surface area contributed by atoms with Gasteiger partial charge in [-0.1, -0.05) is 12.1 Å². The minimum Gasteiger partial charge on any atom is -0.454 e. The number of nitrogens with zero attached hydrogens (tertiary/aromatic N) is 1. The van der Waals surface area contributed by atoms with Crippen LogP contribution < -0.4 is 14.2 Å². The van der Waals surface area contributed by atoms with Gasteiger partial charge in [-0.2, -0.15) is 0 Å². The average molecular weight is 313 g/mol. The van der Waals surface area contributed by atoms with Gasteiger partial charge in [0, 0.05) is 18.2 Å². The fraction of sp³-hybridized carbons (Fsp3) is 0.0625. The van der Waals surface area contributed by atoms with Gasteiger partial charge in [0.15, 0.2) is 11.5 Å². The number of rotatable bonds is 4. The third kappa shape index (κ3) is 3.29. The fourth-order valence-corrected chi connectivity index (χ4v) is 2.04. The highest BCUT2D eigenvalue weighted by Crippen LogP contribution is 2.35. The molecule has 0 aromatic heterocycles. The molecular formula is C16H11NO6. The molecule has 0 N–H and O–H groups in total. The number of para-hydroxylation sites is 1. The number of ether oxygens (including phenoxy) is 3. The van der Waals surface area contributed by atoms with Crippen LogP contribution >= 0.6 is 0 Å². The van der Waals surface area contributed by atoms with Crippen molar-refractivity contribution in [1.82, 2.24) is 0 Å². The van der Waals surface area contributed by atoms with E-state index in [-0.39, 0.29) is 12.5 Å². The summed E-state index contributed by atoms with van der Waals surface area (Å²) in [7, 11) is 0. The van der Waals surface area contributed by atoms with Crippen LogP contribution in [-0.4, -0.2) is 17.7 Å². The normalized spacial score (nSPS) is 12.3. The number of hydrogen-bond acceptors (Lipinski definition) is 6. The Bertz CT molecular complexity index is 799. The first-order chi connectivity index (χ1) is 11.1. The lowest BCUT2D eigenvalue weighted by Crippen LogP contribution is -2.03. The van der Waals surface area contributed by atoms with E-state index in [4.69, 9.17) is 14.2 Å². The quantitative estimate of drug-likeness (QED) is 0.283. The summed E-state index contributed by atoms with van der Waals surface area (Å²) >= 11 is 0. The summed E-state index contributed by atoms with van der Waals surface area (Å²) in [6, 6.07) is 10.9. The Balaban J connectivity index is 1.71. The zero-order chi connectivity index (χ0) is 16.2. The number of hydrogen-bond donors (Lipinski definition) is 0. The molecule has 1 aliphatic heterocycles. The van der Waals surface area contributed by atoms with E-state index >= 15 is 0 Å². The third-order valence-electron chi connectivity index (χ3n) is 3.09. The van der Waals surface area contributed by atoms with E-state index in [1.807, 2.05) is 0 Å². The molecule has 0 saturated heterocycles. The summed E-state index contributed by atoms with van der Waals surface area (Å²) in [5.41, 5.74) is 0.236. The number of carbonyl (C=O) groups is 1. The van der Waals surface area contributed by atoms with Gasteiger partial charge in [0.2, 0.25) is 6.79 Å². The van der Waals surface area contributed by atoms with Gasteiger partial charge in [0.1, 0.15) is 5.75 Å². The predicted octanol–water partition coefficient (Wildman–Crippen LogP) is 2.94. The molecule has 0 bridgehead atoms. The zero-order valence-electron chi connectivity index (χ0n) is 11.8. The van der Waals surface area contributed by atoms with Gasteiger partial charge in [-0.25, -0.2) is 4.79 Å². The Morgan fingerprint density at radius 1 is 1.17 bits per heavy atom. The highest BCUT2D eigenvalue weighted by Gasteiger charge is 2.15. The summed E-state index contributed by atoms with van der Waals surface area (Å²) in [4.78, 5) is 22.2. The first kappa shape index (κ1) is 14.6. The maximum absolute atomic E-state index is 11.8. The van der Waals surface area contributed by atoms with Crippen molar-refractivity contribution < 1.29 is 23.9 Å². The van der Waals surface area contributed by atoms with Crippen LogP contribution in [0.5, 0.6) is 17.2 Å². The van der Waals surface area contributed by atoms with E-state index in [1.165, 1.54) is 12.1 Å². The van der Waals surface area contributed by atoms with Crippen molar-refractivity contribution in [2.45, 2.75) is 0 Å². The molecule has 7 nitrogen and oxygen atoms in total. The van der Waals surface area contributed by atoms with E-state index in [9.17, 15) is 14.9 Å². The molecule has 0 fully saturated rings. The molecule has 0 spiro atoms. The molecule has 0 radical (unpaired) electrons. The summed E-state index contributed by atoms with van der Waals surface area (Å²) in [6.45, 7) is 0.129. The van der Waals surface area contributed by atoms with Crippen LogP contribution in [-0.2, 0) is 4.79 Å². The number of nitro benzene ring substituents is 1. The first-order valence-electron chi connectivity index (χ1n) is 6.66. The molecule has 0 atom stereocenters. The molecule has 0 aliphatic carbocycles. The topological polar surface area (TPSA) is 87.9 Å². The second-order valence-electron chi connectivity index (χ2n) is 4.59. The van der Waals surface area contributed by atoms with Crippen LogP contribution in [0.2, 0.25) is 0 Å². The third-order valence-corrected chi connectivity index (χ3v) is 3.09. The van der Waals surface area contributed by atoms with Gasteiger partial charge in [-0.15, -0.1) is 0 Å². The minimum absolute atomic E-state index is 0.0837. The fourth-order valence-electron chi connectivity index (χ4n) is 2.04. The largest absolute Gasteiger partial charge is 0.454 e. The second kappa shape index (κ2) is 6.18.